The Labute approximate surface area is 124 Å². The second-order valence-electron chi connectivity index (χ2n) is 5.49. The minimum Gasteiger partial charge on any atom is -0.351 e. The number of hydrogen-bond acceptors (Lipinski definition) is 1. The van der Waals surface area contributed by atoms with Crippen molar-refractivity contribution >= 4 is 22.5 Å². The predicted molar refractivity (Wildman–Crippen MR) is 86.9 cm³/mol. The Morgan fingerprint density at radius 3 is 2.43 bits per heavy atom. The number of amides is 1. The van der Waals surface area contributed by atoms with Crippen molar-refractivity contribution in [3.63, 3.8) is 0 Å². The standard InChI is InChI=1S/C18H18N2O/c1-11-7-8-15-14(9-11)10-16(19-15)18(21)20-17-12(2)5-4-6-13(17)3/h4-10,19H,1-3H3,(H,20,21). The highest BCUT2D eigenvalue weighted by molar-refractivity contribution is 6.06. The molecule has 2 aromatic carbocycles. The Morgan fingerprint density at radius 1 is 1.00 bits per heavy atom. The number of nitrogens with one attached hydrogen (secondary N) is 2. The van der Waals surface area contributed by atoms with E-state index in [9.17, 15) is 4.79 Å². The van der Waals surface area contributed by atoms with E-state index in [-0.39, 0.29) is 5.91 Å². The van der Waals surface area contributed by atoms with Gasteiger partial charge in [-0.2, -0.15) is 0 Å². The van der Waals surface area contributed by atoms with Gasteiger partial charge in [0, 0.05) is 16.6 Å². The lowest BCUT2D eigenvalue weighted by molar-refractivity contribution is 0.102. The Kier molecular flexibility index (Phi) is 3.26. The van der Waals surface area contributed by atoms with Crippen LogP contribution in [0.15, 0.2) is 42.5 Å². The van der Waals surface area contributed by atoms with E-state index in [4.69, 9.17) is 0 Å². The minimum atomic E-state index is -0.110. The average Bonchev–Trinajstić information content (AvgIpc) is 2.86. The average molecular weight is 278 g/mol. The van der Waals surface area contributed by atoms with Gasteiger partial charge in [-0.15, -0.1) is 0 Å². The van der Waals surface area contributed by atoms with E-state index in [1.807, 2.05) is 57.2 Å². The number of benzene rings is 2. The molecule has 0 radical (unpaired) electrons. The van der Waals surface area contributed by atoms with Crippen LogP contribution in [0, 0.1) is 20.8 Å². The third-order valence-corrected chi connectivity index (χ3v) is 3.74. The zero-order valence-electron chi connectivity index (χ0n) is 12.4. The summed E-state index contributed by atoms with van der Waals surface area (Å²) in [7, 11) is 0. The van der Waals surface area contributed by atoms with Gasteiger partial charge in [-0.25, -0.2) is 0 Å². The minimum absolute atomic E-state index is 0.110. The summed E-state index contributed by atoms with van der Waals surface area (Å²) in [5.74, 6) is -0.110. The van der Waals surface area contributed by atoms with Crippen molar-refractivity contribution in [1.82, 2.24) is 4.98 Å². The summed E-state index contributed by atoms with van der Waals surface area (Å²) in [5, 5.41) is 4.06. The van der Waals surface area contributed by atoms with Crippen LogP contribution in [0.3, 0.4) is 0 Å². The number of aryl methyl sites for hydroxylation is 3. The first-order valence-corrected chi connectivity index (χ1v) is 7.01. The largest absolute Gasteiger partial charge is 0.351 e. The molecule has 3 aromatic rings. The molecule has 0 saturated heterocycles. The molecule has 0 unspecified atom stereocenters. The molecule has 0 bridgehead atoms. The number of H-pyrrole nitrogens is 1. The second-order valence-corrected chi connectivity index (χ2v) is 5.49. The van der Waals surface area contributed by atoms with Gasteiger partial charge in [-0.05, 0) is 50.1 Å². The van der Waals surface area contributed by atoms with Crippen LogP contribution in [0.1, 0.15) is 27.2 Å². The Hall–Kier alpha value is -2.55. The van der Waals surface area contributed by atoms with Crippen LogP contribution in [0.2, 0.25) is 0 Å². The first kappa shape index (κ1) is 13.4. The number of rotatable bonds is 2. The van der Waals surface area contributed by atoms with Gasteiger partial charge in [-0.1, -0.05) is 29.8 Å². The van der Waals surface area contributed by atoms with Crippen molar-refractivity contribution in [1.29, 1.82) is 0 Å². The lowest BCUT2D eigenvalue weighted by atomic mass is 10.1. The molecule has 3 heteroatoms. The van der Waals surface area contributed by atoms with Gasteiger partial charge in [0.05, 0.1) is 0 Å². The molecule has 0 fully saturated rings. The normalized spacial score (nSPS) is 10.8. The second kappa shape index (κ2) is 5.09. The summed E-state index contributed by atoms with van der Waals surface area (Å²) in [6, 6.07) is 14.0. The summed E-state index contributed by atoms with van der Waals surface area (Å²) in [5.41, 5.74) is 5.76. The lowest BCUT2D eigenvalue weighted by Crippen LogP contribution is -2.14. The maximum Gasteiger partial charge on any atom is 0.272 e. The van der Waals surface area contributed by atoms with Crippen LogP contribution in [0.25, 0.3) is 10.9 Å². The van der Waals surface area contributed by atoms with Crippen molar-refractivity contribution in [2.24, 2.45) is 0 Å². The number of fused-ring (bicyclic) bond motifs is 1. The van der Waals surface area contributed by atoms with Crippen LogP contribution < -0.4 is 5.32 Å². The maximum absolute atomic E-state index is 12.4. The van der Waals surface area contributed by atoms with Crippen molar-refractivity contribution in [2.75, 3.05) is 5.32 Å². The fraction of sp³-hybridized carbons (Fsp3) is 0.167. The third kappa shape index (κ3) is 2.55. The molecule has 1 heterocycles. The van der Waals surface area contributed by atoms with E-state index in [0.717, 1.165) is 27.7 Å². The number of anilines is 1. The molecule has 0 aliphatic carbocycles. The molecule has 1 amide bonds. The molecular formula is C18H18N2O. The third-order valence-electron chi connectivity index (χ3n) is 3.74. The highest BCUT2D eigenvalue weighted by Crippen LogP contribution is 2.22. The van der Waals surface area contributed by atoms with Gasteiger partial charge in [-0.3, -0.25) is 4.79 Å². The zero-order chi connectivity index (χ0) is 15.0. The smallest absolute Gasteiger partial charge is 0.272 e. The summed E-state index contributed by atoms with van der Waals surface area (Å²) in [4.78, 5) is 15.6. The summed E-state index contributed by atoms with van der Waals surface area (Å²) in [6.07, 6.45) is 0. The number of para-hydroxylation sites is 1. The topological polar surface area (TPSA) is 44.9 Å². The SMILES string of the molecule is Cc1ccc2[nH]c(C(=O)Nc3c(C)cccc3C)cc2c1. The lowest BCUT2D eigenvalue weighted by Gasteiger charge is -2.10. The highest BCUT2D eigenvalue weighted by atomic mass is 16.1. The number of aromatic amines is 1. The first-order chi connectivity index (χ1) is 10.0. The van der Waals surface area contributed by atoms with Gasteiger partial charge in [0.1, 0.15) is 5.69 Å². The van der Waals surface area contributed by atoms with Crippen LogP contribution in [0.5, 0.6) is 0 Å². The van der Waals surface area contributed by atoms with E-state index < -0.39 is 0 Å². The van der Waals surface area contributed by atoms with Crippen LogP contribution in [0.4, 0.5) is 5.69 Å². The van der Waals surface area contributed by atoms with Crippen molar-refractivity contribution in [2.45, 2.75) is 20.8 Å². The summed E-state index contributed by atoms with van der Waals surface area (Å²) >= 11 is 0. The Bertz CT molecular complexity index is 810. The molecule has 0 saturated carbocycles. The molecule has 1 aromatic heterocycles. The fourth-order valence-electron chi connectivity index (χ4n) is 2.57. The summed E-state index contributed by atoms with van der Waals surface area (Å²) < 4.78 is 0. The molecule has 106 valence electrons. The first-order valence-electron chi connectivity index (χ1n) is 7.01. The molecule has 3 nitrogen and oxygen atoms in total. The van der Waals surface area contributed by atoms with Gasteiger partial charge in [0.2, 0.25) is 0 Å². The van der Waals surface area contributed by atoms with Gasteiger partial charge >= 0.3 is 0 Å². The van der Waals surface area contributed by atoms with E-state index >= 15 is 0 Å². The monoisotopic (exact) mass is 278 g/mol. The van der Waals surface area contributed by atoms with Crippen LogP contribution >= 0.6 is 0 Å². The van der Waals surface area contributed by atoms with Crippen molar-refractivity contribution in [3.8, 4) is 0 Å². The Balaban J connectivity index is 1.94. The van der Waals surface area contributed by atoms with Crippen LogP contribution in [-0.2, 0) is 0 Å². The van der Waals surface area contributed by atoms with Crippen LogP contribution in [-0.4, -0.2) is 10.9 Å². The molecule has 0 atom stereocenters. The molecule has 0 spiro atoms. The maximum atomic E-state index is 12.4. The highest BCUT2D eigenvalue weighted by Gasteiger charge is 2.12. The fourth-order valence-corrected chi connectivity index (χ4v) is 2.57. The van der Waals surface area contributed by atoms with E-state index in [1.165, 1.54) is 5.56 Å². The number of carbonyl (C=O) groups is 1. The number of hydrogen-bond donors (Lipinski definition) is 2. The van der Waals surface area contributed by atoms with Crippen molar-refractivity contribution < 1.29 is 4.79 Å². The molecule has 21 heavy (non-hydrogen) atoms. The predicted octanol–water partition coefficient (Wildman–Crippen LogP) is 4.35. The molecule has 3 rings (SSSR count). The number of carbonyl (C=O) groups excluding carboxylic acids is 1. The van der Waals surface area contributed by atoms with Gasteiger partial charge in [0.25, 0.3) is 5.91 Å². The van der Waals surface area contributed by atoms with E-state index in [1.54, 1.807) is 0 Å². The molecule has 0 aliphatic heterocycles. The van der Waals surface area contributed by atoms with Gasteiger partial charge in [0.15, 0.2) is 0 Å². The summed E-state index contributed by atoms with van der Waals surface area (Å²) in [6.45, 7) is 6.04. The zero-order valence-corrected chi connectivity index (χ0v) is 12.4. The number of aromatic nitrogens is 1. The van der Waals surface area contributed by atoms with Crippen molar-refractivity contribution in [3.05, 3.63) is 64.8 Å². The Morgan fingerprint density at radius 2 is 1.71 bits per heavy atom. The quantitative estimate of drug-likeness (QED) is 0.719. The molecule has 0 aliphatic rings. The molecule has 2 N–H and O–H groups in total. The van der Waals surface area contributed by atoms with E-state index in [0.29, 0.717) is 5.69 Å². The molecular weight excluding hydrogens is 260 g/mol. The van der Waals surface area contributed by atoms with Gasteiger partial charge < -0.3 is 10.3 Å². The van der Waals surface area contributed by atoms with E-state index in [2.05, 4.69) is 16.4 Å².